The van der Waals surface area contributed by atoms with E-state index in [-0.39, 0.29) is 17.4 Å². The van der Waals surface area contributed by atoms with Crippen molar-refractivity contribution in [1.29, 1.82) is 0 Å². The predicted molar refractivity (Wildman–Crippen MR) is 102 cm³/mol. The van der Waals surface area contributed by atoms with Gasteiger partial charge in [-0.05, 0) is 43.2 Å². The summed E-state index contributed by atoms with van der Waals surface area (Å²) >= 11 is 0. The Labute approximate surface area is 158 Å². The van der Waals surface area contributed by atoms with Crippen LogP contribution in [0, 0.1) is 6.92 Å². The molecule has 1 N–H and O–H groups in total. The summed E-state index contributed by atoms with van der Waals surface area (Å²) in [6, 6.07) is 12.0. The van der Waals surface area contributed by atoms with Crippen LogP contribution in [-0.2, 0) is 11.3 Å². The highest BCUT2D eigenvalue weighted by Crippen LogP contribution is 2.27. The van der Waals surface area contributed by atoms with Crippen LogP contribution in [0.4, 0.5) is 5.69 Å². The van der Waals surface area contributed by atoms with Gasteiger partial charge in [-0.1, -0.05) is 23.8 Å². The van der Waals surface area contributed by atoms with Gasteiger partial charge in [-0.25, -0.2) is 4.79 Å². The molecule has 6 heteroatoms. The lowest BCUT2D eigenvalue weighted by Gasteiger charge is -2.23. The Morgan fingerprint density at radius 2 is 1.85 bits per heavy atom. The molecule has 1 aliphatic rings. The molecule has 27 heavy (non-hydrogen) atoms. The van der Waals surface area contributed by atoms with Crippen molar-refractivity contribution < 1.29 is 19.5 Å². The third-order valence-electron chi connectivity index (χ3n) is 4.71. The summed E-state index contributed by atoms with van der Waals surface area (Å²) < 4.78 is 0. The highest BCUT2D eigenvalue weighted by atomic mass is 16.4. The summed E-state index contributed by atoms with van der Waals surface area (Å²) in [5.74, 6) is -1.11. The first kappa shape index (κ1) is 18.6. The standard InChI is InChI=1S/C21H22N2O4/c1-14-5-10-18(23-11-3-4-19(23)24)17(12-14)20(25)22(2)13-15-6-8-16(9-7-15)21(26)27/h5-10,12H,3-4,11,13H2,1-2H3,(H,26,27). The molecule has 0 atom stereocenters. The summed E-state index contributed by atoms with van der Waals surface area (Å²) in [5, 5.41) is 8.98. The summed E-state index contributed by atoms with van der Waals surface area (Å²) in [6.07, 6.45) is 1.30. The lowest BCUT2D eigenvalue weighted by atomic mass is 10.1. The fraction of sp³-hybridized carbons (Fsp3) is 0.286. The number of hydrogen-bond acceptors (Lipinski definition) is 3. The predicted octanol–water partition coefficient (Wildman–Crippen LogP) is 3.09. The molecule has 0 bridgehead atoms. The van der Waals surface area contributed by atoms with Crippen LogP contribution in [0.25, 0.3) is 0 Å². The van der Waals surface area contributed by atoms with Gasteiger partial charge in [0.05, 0.1) is 16.8 Å². The number of carbonyl (C=O) groups is 3. The molecule has 140 valence electrons. The number of nitrogens with zero attached hydrogens (tertiary/aromatic N) is 2. The van der Waals surface area contributed by atoms with E-state index >= 15 is 0 Å². The van der Waals surface area contributed by atoms with E-state index in [1.54, 1.807) is 29.0 Å². The van der Waals surface area contributed by atoms with Gasteiger partial charge in [0.25, 0.3) is 5.91 Å². The van der Waals surface area contributed by atoms with E-state index in [0.29, 0.717) is 30.8 Å². The van der Waals surface area contributed by atoms with Crippen LogP contribution in [-0.4, -0.2) is 41.4 Å². The summed E-state index contributed by atoms with van der Waals surface area (Å²) in [5.41, 5.74) is 3.16. The quantitative estimate of drug-likeness (QED) is 0.882. The minimum Gasteiger partial charge on any atom is -0.478 e. The van der Waals surface area contributed by atoms with Crippen molar-refractivity contribution in [2.75, 3.05) is 18.5 Å². The summed E-state index contributed by atoms with van der Waals surface area (Å²) in [7, 11) is 1.70. The second-order valence-corrected chi connectivity index (χ2v) is 6.83. The fourth-order valence-electron chi connectivity index (χ4n) is 3.26. The lowest BCUT2D eigenvalue weighted by molar-refractivity contribution is -0.117. The Morgan fingerprint density at radius 1 is 1.15 bits per heavy atom. The molecule has 2 aromatic rings. The number of hydrogen-bond donors (Lipinski definition) is 1. The number of carboxylic acids is 1. The summed E-state index contributed by atoms with van der Waals surface area (Å²) in [6.45, 7) is 2.89. The minimum absolute atomic E-state index is 0.0415. The molecule has 1 saturated heterocycles. The Morgan fingerprint density at radius 3 is 2.44 bits per heavy atom. The first-order valence-electron chi connectivity index (χ1n) is 8.85. The monoisotopic (exact) mass is 366 g/mol. The normalized spacial score (nSPS) is 13.7. The Hall–Kier alpha value is -3.15. The maximum Gasteiger partial charge on any atom is 0.335 e. The highest BCUT2D eigenvalue weighted by molar-refractivity contribution is 6.05. The van der Waals surface area contributed by atoms with Gasteiger partial charge in [0.1, 0.15) is 0 Å². The number of amides is 2. The molecule has 0 aromatic heterocycles. The van der Waals surface area contributed by atoms with Gasteiger partial charge in [-0.2, -0.15) is 0 Å². The van der Waals surface area contributed by atoms with Crippen molar-refractivity contribution >= 4 is 23.5 Å². The number of carboxylic acid groups (broad SMARTS) is 1. The third kappa shape index (κ3) is 4.00. The number of aromatic carboxylic acids is 1. The van der Waals surface area contributed by atoms with Gasteiger partial charge in [-0.15, -0.1) is 0 Å². The molecule has 2 aromatic carbocycles. The van der Waals surface area contributed by atoms with E-state index in [9.17, 15) is 14.4 Å². The number of rotatable bonds is 5. The Kier molecular flexibility index (Phi) is 5.26. The van der Waals surface area contributed by atoms with E-state index in [1.807, 2.05) is 25.1 Å². The largest absolute Gasteiger partial charge is 0.478 e. The fourth-order valence-corrected chi connectivity index (χ4v) is 3.26. The molecule has 1 heterocycles. The van der Waals surface area contributed by atoms with Crippen molar-refractivity contribution in [3.63, 3.8) is 0 Å². The van der Waals surface area contributed by atoms with Gasteiger partial charge < -0.3 is 14.9 Å². The molecule has 0 saturated carbocycles. The molecule has 0 aliphatic carbocycles. The number of aryl methyl sites for hydroxylation is 1. The zero-order valence-electron chi connectivity index (χ0n) is 15.4. The van der Waals surface area contributed by atoms with E-state index < -0.39 is 5.97 Å². The molecule has 6 nitrogen and oxygen atoms in total. The molecule has 1 aliphatic heterocycles. The van der Waals surface area contributed by atoms with Crippen molar-refractivity contribution in [2.24, 2.45) is 0 Å². The van der Waals surface area contributed by atoms with Crippen LogP contribution in [0.15, 0.2) is 42.5 Å². The second kappa shape index (κ2) is 7.61. The first-order chi connectivity index (χ1) is 12.9. The van der Waals surface area contributed by atoms with Gasteiger partial charge >= 0.3 is 5.97 Å². The number of anilines is 1. The van der Waals surface area contributed by atoms with Gasteiger partial charge in [0.15, 0.2) is 0 Å². The second-order valence-electron chi connectivity index (χ2n) is 6.83. The smallest absolute Gasteiger partial charge is 0.335 e. The average Bonchev–Trinajstić information content (AvgIpc) is 3.07. The molecule has 2 amide bonds. The van der Waals surface area contributed by atoms with Gasteiger partial charge in [0, 0.05) is 26.6 Å². The van der Waals surface area contributed by atoms with Crippen molar-refractivity contribution in [3.05, 3.63) is 64.7 Å². The van der Waals surface area contributed by atoms with Crippen LogP contribution in [0.3, 0.4) is 0 Å². The van der Waals surface area contributed by atoms with E-state index in [4.69, 9.17) is 5.11 Å². The van der Waals surface area contributed by atoms with Crippen LogP contribution in [0.2, 0.25) is 0 Å². The topological polar surface area (TPSA) is 77.9 Å². The molecular formula is C21H22N2O4. The molecule has 1 fully saturated rings. The van der Waals surface area contributed by atoms with E-state index in [0.717, 1.165) is 17.5 Å². The van der Waals surface area contributed by atoms with Crippen molar-refractivity contribution in [1.82, 2.24) is 4.90 Å². The van der Waals surface area contributed by atoms with E-state index in [1.165, 1.54) is 12.1 Å². The molecule has 3 rings (SSSR count). The highest BCUT2D eigenvalue weighted by Gasteiger charge is 2.27. The Balaban J connectivity index is 1.83. The number of benzene rings is 2. The third-order valence-corrected chi connectivity index (χ3v) is 4.71. The van der Waals surface area contributed by atoms with Gasteiger partial charge in [-0.3, -0.25) is 9.59 Å². The van der Waals surface area contributed by atoms with Crippen LogP contribution < -0.4 is 4.90 Å². The molecular weight excluding hydrogens is 344 g/mol. The SMILES string of the molecule is Cc1ccc(N2CCCC2=O)c(C(=O)N(C)Cc2ccc(C(=O)O)cc2)c1. The van der Waals surface area contributed by atoms with Crippen molar-refractivity contribution in [3.8, 4) is 0 Å². The number of carbonyl (C=O) groups excluding carboxylic acids is 2. The van der Waals surface area contributed by atoms with Crippen LogP contribution in [0.1, 0.15) is 44.7 Å². The maximum atomic E-state index is 13.1. The van der Waals surface area contributed by atoms with E-state index in [2.05, 4.69) is 0 Å². The zero-order chi connectivity index (χ0) is 19.6. The molecule has 0 unspecified atom stereocenters. The average molecular weight is 366 g/mol. The molecule has 0 radical (unpaired) electrons. The minimum atomic E-state index is -0.981. The molecule has 0 spiro atoms. The first-order valence-corrected chi connectivity index (χ1v) is 8.85. The summed E-state index contributed by atoms with van der Waals surface area (Å²) in [4.78, 5) is 39.4. The van der Waals surface area contributed by atoms with Gasteiger partial charge in [0.2, 0.25) is 5.91 Å². The van der Waals surface area contributed by atoms with Crippen LogP contribution >= 0.6 is 0 Å². The van der Waals surface area contributed by atoms with Crippen molar-refractivity contribution in [2.45, 2.75) is 26.3 Å². The van der Waals surface area contributed by atoms with Crippen LogP contribution in [0.5, 0.6) is 0 Å². The Bertz CT molecular complexity index is 890. The zero-order valence-corrected chi connectivity index (χ0v) is 15.4. The maximum absolute atomic E-state index is 13.1. The lowest BCUT2D eigenvalue weighted by Crippen LogP contribution is -2.31.